The fourth-order valence-electron chi connectivity index (χ4n) is 5.92. The molecule has 0 bridgehead atoms. The molecule has 228 valence electrons. The number of hydrogen-bond acceptors (Lipinski definition) is 4. The number of ether oxygens (including phenoxy) is 1. The van der Waals surface area contributed by atoms with Crippen molar-refractivity contribution < 1.29 is 23.1 Å². The van der Waals surface area contributed by atoms with Gasteiger partial charge in [-0.25, -0.2) is 13.6 Å². The zero-order valence-electron chi connectivity index (χ0n) is 24.7. The van der Waals surface area contributed by atoms with Crippen LogP contribution in [0.3, 0.4) is 0 Å². The van der Waals surface area contributed by atoms with Gasteiger partial charge in [0.1, 0.15) is 23.9 Å². The smallest absolute Gasteiger partial charge is 0.325 e. The lowest BCUT2D eigenvalue weighted by Crippen LogP contribution is -2.52. The minimum absolute atomic E-state index is 0.143. The van der Waals surface area contributed by atoms with Gasteiger partial charge in [-0.15, -0.1) is 0 Å². The number of carbonyl (C=O) groups is 2. The summed E-state index contributed by atoms with van der Waals surface area (Å²) in [5.41, 5.74) is 2.36. The predicted molar refractivity (Wildman–Crippen MR) is 164 cm³/mol. The first kappa shape index (κ1) is 30.5. The average molecular weight is 591 g/mol. The number of benzene rings is 3. The van der Waals surface area contributed by atoms with Crippen molar-refractivity contribution >= 4 is 23.3 Å². The molecule has 0 radical (unpaired) electrons. The summed E-state index contributed by atoms with van der Waals surface area (Å²) in [7, 11) is 0. The number of anilines is 2. The molecule has 43 heavy (non-hydrogen) atoms. The van der Waals surface area contributed by atoms with Gasteiger partial charge in [0.25, 0.3) is 0 Å². The van der Waals surface area contributed by atoms with Crippen LogP contribution < -0.4 is 15.0 Å². The third-order valence-corrected chi connectivity index (χ3v) is 8.07. The number of fused-ring (bicyclic) bond motifs is 1. The summed E-state index contributed by atoms with van der Waals surface area (Å²) >= 11 is 0. The summed E-state index contributed by atoms with van der Waals surface area (Å²) in [6.07, 6.45) is 6.45. The van der Waals surface area contributed by atoms with Crippen molar-refractivity contribution in [3.05, 3.63) is 89.5 Å². The molecule has 7 nitrogen and oxygen atoms in total. The standard InChI is InChI=1S/C34H40F2N4O3/c1-2-3-20-39-31-14-6-5-13-28(31)33(40(34(39)42)24-32(41)37-30-16-15-26(35)23-29(30)36)25-11-9-12-27(22-25)43-21-10-19-38-17-7-4-8-18-38/h5-6,9,11-16,22-23,33H,2-4,7-8,10,17-21,24H2,1H3,(H,37,41). The van der Waals surface area contributed by atoms with Gasteiger partial charge in [0.05, 0.1) is 24.0 Å². The molecule has 5 rings (SSSR count). The molecular weight excluding hydrogens is 550 g/mol. The second kappa shape index (κ2) is 14.5. The van der Waals surface area contributed by atoms with Crippen molar-refractivity contribution in [2.45, 2.75) is 51.5 Å². The number of halogens is 2. The summed E-state index contributed by atoms with van der Waals surface area (Å²) in [6.45, 7) is 6.13. The minimum atomic E-state index is -0.880. The Morgan fingerprint density at radius 2 is 1.77 bits per heavy atom. The van der Waals surface area contributed by atoms with E-state index in [1.54, 1.807) is 4.90 Å². The van der Waals surface area contributed by atoms with E-state index in [1.807, 2.05) is 48.5 Å². The number of nitrogens with one attached hydrogen (secondary N) is 1. The van der Waals surface area contributed by atoms with E-state index in [4.69, 9.17) is 4.74 Å². The number of hydrogen-bond donors (Lipinski definition) is 1. The van der Waals surface area contributed by atoms with Gasteiger partial charge in [0.2, 0.25) is 5.91 Å². The molecule has 1 atom stereocenters. The summed E-state index contributed by atoms with van der Waals surface area (Å²) in [5.74, 6) is -1.50. The van der Waals surface area contributed by atoms with E-state index in [-0.39, 0.29) is 18.3 Å². The summed E-state index contributed by atoms with van der Waals surface area (Å²) in [5, 5.41) is 2.51. The lowest BCUT2D eigenvalue weighted by molar-refractivity contribution is -0.117. The van der Waals surface area contributed by atoms with E-state index in [0.717, 1.165) is 61.8 Å². The van der Waals surface area contributed by atoms with Gasteiger partial charge in [0, 0.05) is 24.7 Å². The van der Waals surface area contributed by atoms with Crippen LogP contribution in [-0.4, -0.2) is 61.1 Å². The average Bonchev–Trinajstić information content (AvgIpc) is 3.01. The molecule has 1 N–H and O–H groups in total. The number of rotatable bonds is 12. The van der Waals surface area contributed by atoms with Gasteiger partial charge in [0.15, 0.2) is 0 Å². The number of para-hydroxylation sites is 1. The van der Waals surface area contributed by atoms with Gasteiger partial charge in [-0.05, 0) is 74.7 Å². The van der Waals surface area contributed by atoms with Crippen molar-refractivity contribution in [3.63, 3.8) is 0 Å². The zero-order valence-corrected chi connectivity index (χ0v) is 24.7. The summed E-state index contributed by atoms with van der Waals surface area (Å²) < 4.78 is 33.9. The molecule has 1 unspecified atom stereocenters. The number of piperidine rings is 1. The summed E-state index contributed by atoms with van der Waals surface area (Å²) in [4.78, 5) is 33.0. The van der Waals surface area contributed by atoms with Crippen LogP contribution in [0, 0.1) is 11.6 Å². The molecule has 0 spiro atoms. The maximum Gasteiger partial charge on any atom is 0.325 e. The van der Waals surface area contributed by atoms with E-state index in [0.29, 0.717) is 25.0 Å². The van der Waals surface area contributed by atoms with Crippen molar-refractivity contribution in [1.29, 1.82) is 0 Å². The van der Waals surface area contributed by atoms with E-state index in [9.17, 15) is 18.4 Å². The van der Waals surface area contributed by atoms with Crippen molar-refractivity contribution in [3.8, 4) is 5.75 Å². The molecular formula is C34H40F2N4O3. The normalized spacial score (nSPS) is 17.1. The Kier molecular flexibility index (Phi) is 10.3. The molecule has 3 aromatic carbocycles. The van der Waals surface area contributed by atoms with Gasteiger partial charge in [-0.1, -0.05) is 50.1 Å². The minimum Gasteiger partial charge on any atom is -0.494 e. The highest BCUT2D eigenvalue weighted by Gasteiger charge is 2.39. The quantitative estimate of drug-likeness (QED) is 0.231. The van der Waals surface area contributed by atoms with E-state index < -0.39 is 23.6 Å². The van der Waals surface area contributed by atoms with Crippen molar-refractivity contribution in [2.75, 3.05) is 49.5 Å². The van der Waals surface area contributed by atoms with Gasteiger partial charge >= 0.3 is 6.03 Å². The highest BCUT2D eigenvalue weighted by atomic mass is 19.1. The summed E-state index contributed by atoms with van der Waals surface area (Å²) in [6, 6.07) is 17.5. The fraction of sp³-hybridized carbons (Fsp3) is 0.412. The first-order valence-corrected chi connectivity index (χ1v) is 15.3. The lowest BCUT2D eigenvalue weighted by atomic mass is 9.92. The predicted octanol–water partition coefficient (Wildman–Crippen LogP) is 6.99. The third kappa shape index (κ3) is 7.51. The highest BCUT2D eigenvalue weighted by Crippen LogP contribution is 2.41. The largest absolute Gasteiger partial charge is 0.494 e. The van der Waals surface area contributed by atoms with Crippen LogP contribution in [0.25, 0.3) is 0 Å². The Hall–Kier alpha value is -3.98. The molecule has 1 fully saturated rings. The Balaban J connectivity index is 1.39. The Morgan fingerprint density at radius 3 is 2.56 bits per heavy atom. The number of likely N-dealkylation sites (tertiary alicyclic amines) is 1. The van der Waals surface area contributed by atoms with Crippen LogP contribution in [-0.2, 0) is 4.79 Å². The maximum absolute atomic E-state index is 14.3. The van der Waals surface area contributed by atoms with E-state index in [2.05, 4.69) is 17.1 Å². The fourth-order valence-corrected chi connectivity index (χ4v) is 5.92. The Morgan fingerprint density at radius 1 is 0.953 bits per heavy atom. The molecule has 2 heterocycles. The Labute approximate surface area is 252 Å². The molecule has 0 aliphatic carbocycles. The second-order valence-electron chi connectivity index (χ2n) is 11.2. The molecule has 0 aromatic heterocycles. The Bertz CT molecular complexity index is 1410. The van der Waals surface area contributed by atoms with Gasteiger partial charge in [-0.2, -0.15) is 0 Å². The molecule has 3 aromatic rings. The molecule has 2 aliphatic rings. The van der Waals surface area contributed by atoms with Gasteiger partial charge < -0.3 is 19.9 Å². The maximum atomic E-state index is 14.3. The highest BCUT2D eigenvalue weighted by molar-refractivity contribution is 6.00. The number of unbranched alkanes of at least 4 members (excludes halogenated alkanes) is 1. The monoisotopic (exact) mass is 590 g/mol. The van der Waals surface area contributed by atoms with Crippen LogP contribution in [0.15, 0.2) is 66.7 Å². The zero-order chi connectivity index (χ0) is 30.2. The van der Waals surface area contributed by atoms with Gasteiger partial charge in [-0.3, -0.25) is 9.69 Å². The molecule has 0 saturated carbocycles. The molecule has 2 aliphatic heterocycles. The van der Waals surface area contributed by atoms with Crippen molar-refractivity contribution in [2.24, 2.45) is 0 Å². The molecule has 1 saturated heterocycles. The van der Waals surface area contributed by atoms with Crippen LogP contribution in [0.2, 0.25) is 0 Å². The van der Waals surface area contributed by atoms with Crippen LogP contribution in [0.1, 0.15) is 62.6 Å². The molecule has 3 amide bonds. The second-order valence-corrected chi connectivity index (χ2v) is 11.2. The molecule has 9 heteroatoms. The first-order valence-electron chi connectivity index (χ1n) is 15.3. The van der Waals surface area contributed by atoms with E-state index in [1.165, 1.54) is 30.2 Å². The van der Waals surface area contributed by atoms with Crippen LogP contribution >= 0.6 is 0 Å². The lowest BCUT2D eigenvalue weighted by Gasteiger charge is -2.42. The topological polar surface area (TPSA) is 65.1 Å². The third-order valence-electron chi connectivity index (χ3n) is 8.07. The van der Waals surface area contributed by atoms with Crippen LogP contribution in [0.4, 0.5) is 25.0 Å². The SMILES string of the molecule is CCCCN1C(=O)N(CC(=O)Nc2ccc(F)cc2F)C(c2cccc(OCCCN3CCCCC3)c2)c2ccccc21. The number of amides is 3. The number of carbonyl (C=O) groups excluding carboxylic acids is 2. The van der Waals surface area contributed by atoms with E-state index >= 15 is 0 Å². The number of nitrogens with zero attached hydrogens (tertiary/aromatic N) is 3. The van der Waals surface area contributed by atoms with Crippen molar-refractivity contribution in [1.82, 2.24) is 9.80 Å². The first-order chi connectivity index (χ1) is 20.9. The number of urea groups is 1. The van der Waals surface area contributed by atoms with Crippen LogP contribution in [0.5, 0.6) is 5.75 Å².